The van der Waals surface area contributed by atoms with Gasteiger partial charge in [-0.15, -0.1) is 5.10 Å². The van der Waals surface area contributed by atoms with E-state index in [1.807, 2.05) is 58.0 Å². The molecule has 1 unspecified atom stereocenters. The molecule has 0 aliphatic carbocycles. The van der Waals surface area contributed by atoms with Gasteiger partial charge in [-0.25, -0.2) is 9.48 Å². The number of aryl methyl sites for hydroxylation is 1. The Balaban J connectivity index is 1.74. The average Bonchev–Trinajstić information content (AvgIpc) is 3.28. The normalized spacial score (nSPS) is 14.8. The summed E-state index contributed by atoms with van der Waals surface area (Å²) in [5.74, 6) is 2.35. The number of fused-ring (bicyclic) bond motifs is 1. The second-order valence-corrected chi connectivity index (χ2v) is 10.4. The van der Waals surface area contributed by atoms with Crippen LogP contribution < -0.4 is 14.8 Å². The van der Waals surface area contributed by atoms with Crippen molar-refractivity contribution in [3.63, 3.8) is 0 Å². The van der Waals surface area contributed by atoms with Crippen molar-refractivity contribution in [2.45, 2.75) is 71.9 Å². The van der Waals surface area contributed by atoms with Gasteiger partial charge in [0, 0.05) is 11.4 Å². The van der Waals surface area contributed by atoms with E-state index in [-0.39, 0.29) is 6.10 Å². The molecule has 9 heteroatoms. The quantitative estimate of drug-likeness (QED) is 0.225. The summed E-state index contributed by atoms with van der Waals surface area (Å²) < 4.78 is 19.6. The Labute approximate surface area is 228 Å². The summed E-state index contributed by atoms with van der Waals surface area (Å²) in [6, 6.07) is 13.4. The second-order valence-electron chi connectivity index (χ2n) is 9.39. The molecule has 0 spiro atoms. The van der Waals surface area contributed by atoms with Gasteiger partial charge >= 0.3 is 5.97 Å². The van der Waals surface area contributed by atoms with Crippen molar-refractivity contribution in [2.75, 3.05) is 17.7 Å². The highest BCUT2D eigenvalue weighted by Gasteiger charge is 2.36. The molecule has 8 nitrogen and oxygen atoms in total. The number of carbonyl (C=O) groups is 1. The number of aromatic nitrogens is 3. The lowest BCUT2D eigenvalue weighted by Gasteiger charge is -2.29. The molecular formula is C29H36N4O4S. The monoisotopic (exact) mass is 536 g/mol. The molecule has 1 atom stereocenters. The highest BCUT2D eigenvalue weighted by molar-refractivity contribution is 7.99. The van der Waals surface area contributed by atoms with Gasteiger partial charge in [0.25, 0.3) is 0 Å². The Morgan fingerprint density at radius 2 is 1.89 bits per heavy atom. The Morgan fingerprint density at radius 1 is 1.11 bits per heavy atom. The highest BCUT2D eigenvalue weighted by atomic mass is 32.2. The van der Waals surface area contributed by atoms with Gasteiger partial charge in [-0.05, 0) is 69.9 Å². The van der Waals surface area contributed by atoms with Crippen LogP contribution in [0.2, 0.25) is 0 Å². The molecule has 0 radical (unpaired) electrons. The zero-order valence-corrected chi connectivity index (χ0v) is 23.7. The Hall–Kier alpha value is -3.46. The third-order valence-electron chi connectivity index (χ3n) is 6.06. The summed E-state index contributed by atoms with van der Waals surface area (Å²) in [7, 11) is 0. The van der Waals surface area contributed by atoms with Crippen molar-refractivity contribution in [1.29, 1.82) is 0 Å². The largest absolute Gasteiger partial charge is 0.490 e. The van der Waals surface area contributed by atoms with E-state index in [0.717, 1.165) is 23.3 Å². The number of benzene rings is 2. The average molecular weight is 537 g/mol. The summed E-state index contributed by atoms with van der Waals surface area (Å²) in [5, 5.41) is 8.68. The molecule has 38 heavy (non-hydrogen) atoms. The molecule has 1 aromatic heterocycles. The number of hydrogen-bond donors (Lipinski definition) is 1. The van der Waals surface area contributed by atoms with E-state index in [1.54, 1.807) is 16.4 Å². The zero-order valence-electron chi connectivity index (χ0n) is 22.9. The number of nitrogens with one attached hydrogen (secondary N) is 1. The number of hydrogen-bond acceptors (Lipinski definition) is 8. The summed E-state index contributed by atoms with van der Waals surface area (Å²) in [6.45, 7) is 12.6. The maximum Gasteiger partial charge on any atom is 0.338 e. The number of ether oxygens (including phenoxy) is 3. The zero-order chi connectivity index (χ0) is 27.2. The van der Waals surface area contributed by atoms with Gasteiger partial charge in [-0.2, -0.15) is 4.98 Å². The van der Waals surface area contributed by atoms with Crippen LogP contribution in [0.15, 0.2) is 58.9 Å². The third kappa shape index (κ3) is 6.15. The molecule has 0 fully saturated rings. The number of thioether (sulfide) groups is 1. The van der Waals surface area contributed by atoms with Gasteiger partial charge in [0.05, 0.1) is 18.3 Å². The molecule has 0 amide bonds. The van der Waals surface area contributed by atoms with E-state index in [0.29, 0.717) is 47.1 Å². The molecule has 0 saturated heterocycles. The lowest BCUT2D eigenvalue weighted by atomic mass is 9.95. The van der Waals surface area contributed by atoms with E-state index in [2.05, 4.69) is 36.3 Å². The highest BCUT2D eigenvalue weighted by Crippen LogP contribution is 2.40. The van der Waals surface area contributed by atoms with Crippen LogP contribution >= 0.6 is 11.8 Å². The molecule has 0 bridgehead atoms. The summed E-state index contributed by atoms with van der Waals surface area (Å²) in [5.41, 5.74) is 4.27. The first-order valence-electron chi connectivity index (χ1n) is 13.0. The van der Waals surface area contributed by atoms with E-state index < -0.39 is 12.0 Å². The van der Waals surface area contributed by atoms with Gasteiger partial charge < -0.3 is 19.5 Å². The number of anilines is 1. The Bertz CT molecular complexity index is 1320. The van der Waals surface area contributed by atoms with Crippen LogP contribution in [0.25, 0.3) is 0 Å². The van der Waals surface area contributed by atoms with Crippen LogP contribution in [-0.2, 0) is 16.1 Å². The maximum absolute atomic E-state index is 13.3. The predicted octanol–water partition coefficient (Wildman–Crippen LogP) is 6.31. The maximum atomic E-state index is 13.3. The molecule has 4 rings (SSSR count). The summed E-state index contributed by atoms with van der Waals surface area (Å²) in [6.07, 6.45) is 0.753. The molecule has 1 aliphatic rings. The molecule has 1 aliphatic heterocycles. The number of esters is 1. The van der Waals surface area contributed by atoms with Crippen LogP contribution in [0.1, 0.15) is 63.8 Å². The van der Waals surface area contributed by atoms with E-state index >= 15 is 0 Å². The van der Waals surface area contributed by atoms with Gasteiger partial charge in [0.2, 0.25) is 11.1 Å². The van der Waals surface area contributed by atoms with Crippen LogP contribution in [0.4, 0.5) is 5.95 Å². The van der Waals surface area contributed by atoms with Crippen molar-refractivity contribution in [3.05, 3.63) is 70.4 Å². The fraction of sp³-hybridized carbons (Fsp3) is 0.414. The number of carbonyl (C=O) groups excluding carboxylic acids is 1. The van der Waals surface area contributed by atoms with Gasteiger partial charge in [-0.1, -0.05) is 49.0 Å². The predicted molar refractivity (Wildman–Crippen MR) is 150 cm³/mol. The minimum Gasteiger partial charge on any atom is -0.490 e. The summed E-state index contributed by atoms with van der Waals surface area (Å²) >= 11 is 1.59. The van der Waals surface area contributed by atoms with Gasteiger partial charge in [0.1, 0.15) is 12.6 Å². The topological polar surface area (TPSA) is 87.5 Å². The molecule has 1 N–H and O–H groups in total. The number of nitrogens with zero attached hydrogens (tertiary/aromatic N) is 3. The number of allylic oxidation sites excluding steroid dienone is 1. The van der Waals surface area contributed by atoms with Crippen molar-refractivity contribution < 1.29 is 19.0 Å². The van der Waals surface area contributed by atoms with Crippen molar-refractivity contribution >= 4 is 23.7 Å². The Kier molecular flexibility index (Phi) is 8.99. The van der Waals surface area contributed by atoms with Crippen LogP contribution in [-0.4, -0.2) is 39.2 Å². The minimum absolute atomic E-state index is 0.257. The second kappa shape index (κ2) is 12.4. The molecule has 2 heterocycles. The first-order chi connectivity index (χ1) is 18.3. The fourth-order valence-electron chi connectivity index (χ4n) is 4.25. The van der Waals surface area contributed by atoms with Crippen LogP contribution in [0.5, 0.6) is 11.5 Å². The van der Waals surface area contributed by atoms with Crippen LogP contribution in [0.3, 0.4) is 0 Å². The molecular weight excluding hydrogens is 500 g/mol. The van der Waals surface area contributed by atoms with Crippen molar-refractivity contribution in [3.8, 4) is 11.5 Å². The lowest BCUT2D eigenvalue weighted by Crippen LogP contribution is -2.30. The standard InChI is InChI=1S/C29H36N4O4S/c1-7-15-38-29-31-28-30-20(6)25(27(34)37-18(3)4)26(33(28)32-29)21-13-14-23(24(16-21)35-8-2)36-17-22-12-10-9-11-19(22)5/h9-14,16,18,26H,7-8,15,17H2,1-6H3,(H,30,31,32). The van der Waals surface area contributed by atoms with E-state index in [4.69, 9.17) is 19.3 Å². The summed E-state index contributed by atoms with van der Waals surface area (Å²) in [4.78, 5) is 18.0. The third-order valence-corrected chi connectivity index (χ3v) is 7.10. The van der Waals surface area contributed by atoms with Crippen LogP contribution in [0, 0.1) is 6.92 Å². The lowest BCUT2D eigenvalue weighted by molar-refractivity contribution is -0.143. The molecule has 0 saturated carbocycles. The van der Waals surface area contributed by atoms with E-state index in [9.17, 15) is 4.79 Å². The first kappa shape index (κ1) is 27.6. The van der Waals surface area contributed by atoms with Crippen molar-refractivity contribution in [2.24, 2.45) is 0 Å². The van der Waals surface area contributed by atoms with E-state index in [1.165, 1.54) is 5.56 Å². The van der Waals surface area contributed by atoms with Gasteiger partial charge in [0.15, 0.2) is 11.5 Å². The molecule has 3 aromatic rings. The SMILES string of the molecule is CCCSc1nc2n(n1)C(c1ccc(OCc3ccccc3C)c(OCC)c1)C(C(=O)OC(C)C)=C(C)N2. The minimum atomic E-state index is -0.536. The Morgan fingerprint density at radius 3 is 2.61 bits per heavy atom. The molecule has 202 valence electrons. The van der Waals surface area contributed by atoms with Crippen molar-refractivity contribution in [1.82, 2.24) is 14.8 Å². The number of rotatable bonds is 11. The first-order valence-corrected chi connectivity index (χ1v) is 14.0. The van der Waals surface area contributed by atoms with Gasteiger partial charge in [-0.3, -0.25) is 0 Å². The fourth-order valence-corrected chi connectivity index (χ4v) is 4.93. The molecule has 2 aromatic carbocycles. The smallest absolute Gasteiger partial charge is 0.338 e.